The van der Waals surface area contributed by atoms with E-state index in [-0.39, 0.29) is 10.6 Å². The van der Waals surface area contributed by atoms with E-state index in [4.69, 9.17) is 0 Å². The Bertz CT molecular complexity index is 746. The third-order valence-electron chi connectivity index (χ3n) is 3.16. The third-order valence-corrected chi connectivity index (χ3v) is 3.16. The number of nitro benzene ring substituents is 1. The summed E-state index contributed by atoms with van der Waals surface area (Å²) in [5.41, 5.74) is 2.03. The van der Waals surface area contributed by atoms with Crippen molar-refractivity contribution in [1.29, 1.82) is 0 Å². The zero-order valence-electron chi connectivity index (χ0n) is 10.1. The minimum atomic E-state index is -0.325. The number of rotatable bonds is 2. The van der Waals surface area contributed by atoms with Crippen molar-refractivity contribution in [3.63, 3.8) is 0 Å². The maximum atomic E-state index is 11.2. The number of nitrogens with zero attached hydrogens (tertiary/aromatic N) is 1. The van der Waals surface area contributed by atoms with Crippen molar-refractivity contribution in [2.24, 2.45) is 0 Å². The van der Waals surface area contributed by atoms with Crippen LogP contribution >= 0.6 is 0 Å². The molecular weight excluding hydrogens is 238 g/mol. The highest BCUT2D eigenvalue weighted by molar-refractivity contribution is 6.02. The lowest BCUT2D eigenvalue weighted by Crippen LogP contribution is -1.91. The minimum absolute atomic E-state index is 0.150. The van der Waals surface area contributed by atoms with E-state index in [2.05, 4.69) is 0 Å². The monoisotopic (exact) mass is 249 g/mol. The molecule has 92 valence electrons. The summed E-state index contributed by atoms with van der Waals surface area (Å²) < 4.78 is 0. The van der Waals surface area contributed by atoms with Crippen LogP contribution < -0.4 is 0 Å². The number of nitro groups is 1. The molecule has 0 fully saturated rings. The predicted molar refractivity (Wildman–Crippen MR) is 76.0 cm³/mol. The summed E-state index contributed by atoms with van der Waals surface area (Å²) in [5, 5.41) is 12.8. The highest BCUT2D eigenvalue weighted by Crippen LogP contribution is 2.34. The highest BCUT2D eigenvalue weighted by Gasteiger charge is 2.15. The van der Waals surface area contributed by atoms with Gasteiger partial charge in [-0.05, 0) is 16.5 Å². The zero-order chi connectivity index (χ0) is 13.2. The Kier molecular flexibility index (Phi) is 2.72. The van der Waals surface area contributed by atoms with Gasteiger partial charge in [-0.15, -0.1) is 0 Å². The topological polar surface area (TPSA) is 43.1 Å². The molecule has 3 rings (SSSR count). The summed E-state index contributed by atoms with van der Waals surface area (Å²) in [6.45, 7) is 0. The van der Waals surface area contributed by atoms with E-state index in [1.807, 2.05) is 54.6 Å². The first kappa shape index (κ1) is 11.4. The van der Waals surface area contributed by atoms with Gasteiger partial charge in [-0.2, -0.15) is 0 Å². The van der Waals surface area contributed by atoms with Crippen LogP contribution in [0.1, 0.15) is 0 Å². The summed E-state index contributed by atoms with van der Waals surface area (Å²) >= 11 is 0. The van der Waals surface area contributed by atoms with E-state index in [9.17, 15) is 10.1 Å². The van der Waals surface area contributed by atoms with Gasteiger partial charge in [0.1, 0.15) is 0 Å². The summed E-state index contributed by atoms with van der Waals surface area (Å²) in [4.78, 5) is 10.9. The summed E-state index contributed by atoms with van der Waals surface area (Å²) in [5.74, 6) is 0. The Morgan fingerprint density at radius 2 is 1.47 bits per heavy atom. The molecule has 0 heterocycles. The van der Waals surface area contributed by atoms with Crippen molar-refractivity contribution in [3.8, 4) is 11.1 Å². The van der Waals surface area contributed by atoms with Gasteiger partial charge in [0.25, 0.3) is 5.69 Å². The minimum Gasteiger partial charge on any atom is -0.258 e. The number of hydrogen-bond donors (Lipinski definition) is 0. The van der Waals surface area contributed by atoms with Crippen molar-refractivity contribution in [2.75, 3.05) is 0 Å². The van der Waals surface area contributed by atoms with Gasteiger partial charge in [-0.1, -0.05) is 60.7 Å². The van der Waals surface area contributed by atoms with Gasteiger partial charge in [0.15, 0.2) is 0 Å². The van der Waals surface area contributed by atoms with E-state index in [0.717, 1.165) is 16.5 Å². The van der Waals surface area contributed by atoms with Crippen molar-refractivity contribution < 1.29 is 4.92 Å². The summed E-state index contributed by atoms with van der Waals surface area (Å²) in [7, 11) is 0. The van der Waals surface area contributed by atoms with Crippen molar-refractivity contribution in [2.45, 2.75) is 0 Å². The fourth-order valence-electron chi connectivity index (χ4n) is 2.33. The number of hydrogen-bond acceptors (Lipinski definition) is 2. The molecule has 0 saturated heterocycles. The lowest BCUT2D eigenvalue weighted by Gasteiger charge is -2.07. The molecule has 0 aliphatic carbocycles. The molecule has 0 atom stereocenters. The third kappa shape index (κ3) is 1.95. The van der Waals surface area contributed by atoms with Crippen LogP contribution in [0.3, 0.4) is 0 Å². The van der Waals surface area contributed by atoms with E-state index >= 15 is 0 Å². The van der Waals surface area contributed by atoms with Crippen LogP contribution in [-0.4, -0.2) is 4.92 Å². The van der Waals surface area contributed by atoms with Crippen LogP contribution in [0.5, 0.6) is 0 Å². The largest absolute Gasteiger partial charge is 0.277 e. The Hall–Kier alpha value is -2.68. The van der Waals surface area contributed by atoms with E-state index < -0.39 is 0 Å². The molecule has 3 nitrogen and oxygen atoms in total. The predicted octanol–water partition coefficient (Wildman–Crippen LogP) is 4.42. The van der Waals surface area contributed by atoms with Gasteiger partial charge in [-0.3, -0.25) is 10.1 Å². The number of benzene rings is 3. The number of fused-ring (bicyclic) bond motifs is 1. The molecule has 0 bridgehead atoms. The molecule has 0 aliphatic heterocycles. The molecule has 0 saturated carbocycles. The standard InChI is InChI=1S/C16H11NO2/c18-17(19)15-11-5-9-13-8-4-10-14(16(13)15)12-6-2-1-3-7-12/h1-11H. The second-order valence-electron chi connectivity index (χ2n) is 4.30. The second-order valence-corrected chi connectivity index (χ2v) is 4.30. The molecule has 3 aromatic carbocycles. The molecule has 3 heteroatoms. The first-order chi connectivity index (χ1) is 9.27. The maximum Gasteiger partial charge on any atom is 0.277 e. The van der Waals surface area contributed by atoms with Gasteiger partial charge in [0.2, 0.25) is 0 Å². The maximum absolute atomic E-state index is 11.2. The van der Waals surface area contributed by atoms with Gasteiger partial charge in [-0.25, -0.2) is 0 Å². The Morgan fingerprint density at radius 3 is 2.16 bits per heavy atom. The van der Waals surface area contributed by atoms with Crippen LogP contribution in [0.2, 0.25) is 0 Å². The van der Waals surface area contributed by atoms with E-state index in [1.165, 1.54) is 0 Å². The molecule has 0 spiro atoms. The number of non-ortho nitro benzene ring substituents is 1. The molecule has 0 aliphatic rings. The first-order valence-electron chi connectivity index (χ1n) is 5.99. The van der Waals surface area contributed by atoms with Crippen molar-refractivity contribution in [3.05, 3.63) is 76.8 Å². The Balaban J connectivity index is 2.40. The molecule has 0 aromatic heterocycles. The highest BCUT2D eigenvalue weighted by atomic mass is 16.6. The zero-order valence-corrected chi connectivity index (χ0v) is 10.1. The van der Waals surface area contributed by atoms with E-state index in [1.54, 1.807) is 12.1 Å². The van der Waals surface area contributed by atoms with Crippen molar-refractivity contribution in [1.82, 2.24) is 0 Å². The molecule has 0 N–H and O–H groups in total. The molecule has 3 aromatic rings. The summed E-state index contributed by atoms with van der Waals surface area (Å²) in [6.07, 6.45) is 0. The average Bonchev–Trinajstić information content (AvgIpc) is 2.46. The van der Waals surface area contributed by atoms with Crippen LogP contribution in [0, 0.1) is 10.1 Å². The lowest BCUT2D eigenvalue weighted by molar-refractivity contribution is -0.383. The van der Waals surface area contributed by atoms with Gasteiger partial charge < -0.3 is 0 Å². The van der Waals surface area contributed by atoms with Gasteiger partial charge >= 0.3 is 0 Å². The molecule has 19 heavy (non-hydrogen) atoms. The SMILES string of the molecule is O=[N+]([O-])c1cccc2cccc(-c3ccccc3)c12. The fourth-order valence-corrected chi connectivity index (χ4v) is 2.33. The summed E-state index contributed by atoms with van der Waals surface area (Å²) in [6, 6.07) is 20.6. The Morgan fingerprint density at radius 1 is 0.789 bits per heavy atom. The lowest BCUT2D eigenvalue weighted by atomic mass is 9.97. The van der Waals surface area contributed by atoms with Crippen LogP contribution in [0.4, 0.5) is 5.69 Å². The smallest absolute Gasteiger partial charge is 0.258 e. The van der Waals surface area contributed by atoms with Crippen LogP contribution in [-0.2, 0) is 0 Å². The van der Waals surface area contributed by atoms with Crippen LogP contribution in [0.25, 0.3) is 21.9 Å². The van der Waals surface area contributed by atoms with E-state index in [0.29, 0.717) is 5.39 Å². The second kappa shape index (κ2) is 4.53. The quantitative estimate of drug-likeness (QED) is 0.498. The normalized spacial score (nSPS) is 10.5. The Labute approximate surface area is 110 Å². The molecule has 0 amide bonds. The first-order valence-corrected chi connectivity index (χ1v) is 5.99. The molecule has 0 unspecified atom stereocenters. The van der Waals surface area contributed by atoms with Gasteiger partial charge in [0.05, 0.1) is 10.3 Å². The van der Waals surface area contributed by atoms with Crippen molar-refractivity contribution >= 4 is 16.5 Å². The molecular formula is C16H11NO2. The average molecular weight is 249 g/mol. The van der Waals surface area contributed by atoms with Crippen LogP contribution in [0.15, 0.2) is 66.7 Å². The molecule has 0 radical (unpaired) electrons. The van der Waals surface area contributed by atoms with Gasteiger partial charge in [0, 0.05) is 6.07 Å². The fraction of sp³-hybridized carbons (Fsp3) is 0.